The van der Waals surface area contributed by atoms with Gasteiger partial charge >= 0.3 is 12.2 Å². The summed E-state index contributed by atoms with van der Waals surface area (Å²) in [6.07, 6.45) is 1.42. The Morgan fingerprint density at radius 2 is 2.02 bits per heavy atom. The Morgan fingerprint density at radius 3 is 2.68 bits per heavy atom. The standard InChI is InChI=1S/C27H35F3N8O3/c1-15(2)38-20(8-10-33-38)24(39)35-19(14-41-26(3,4)27(28,29)30)23-34-18-12-17(13-32-22(18)36-23)21(16-6-7-16)37-11-5-9-31-25(37)40/h8,10,12-13,15-16,19,21H,5-7,9,11,14H2,1-4H3,(H,31,40)(H,35,39)(H,32,34,36). The van der Waals surface area contributed by atoms with Gasteiger partial charge in [0.25, 0.3) is 5.91 Å². The fraction of sp³-hybridized carbons (Fsp3) is 0.593. The largest absolute Gasteiger partial charge is 0.416 e. The lowest BCUT2D eigenvalue weighted by atomic mass is 10.0. The van der Waals surface area contributed by atoms with Gasteiger partial charge in [-0.2, -0.15) is 18.3 Å². The third-order valence-corrected chi connectivity index (χ3v) is 7.56. The number of fused-ring (bicyclic) bond motifs is 1. The van der Waals surface area contributed by atoms with Crippen LogP contribution in [-0.4, -0.2) is 73.0 Å². The first-order chi connectivity index (χ1) is 19.4. The number of imidazole rings is 1. The van der Waals surface area contributed by atoms with Crippen molar-refractivity contribution in [3.05, 3.63) is 41.6 Å². The van der Waals surface area contributed by atoms with Crippen LogP contribution < -0.4 is 10.6 Å². The van der Waals surface area contributed by atoms with Crippen LogP contribution in [0, 0.1) is 5.92 Å². The fourth-order valence-electron chi connectivity index (χ4n) is 4.99. The average Bonchev–Trinajstić information content (AvgIpc) is 3.43. The quantitative estimate of drug-likeness (QED) is 0.328. The molecule has 2 atom stereocenters. The Kier molecular flexibility index (Phi) is 7.70. The molecule has 11 nitrogen and oxygen atoms in total. The number of nitrogens with zero attached hydrogens (tertiary/aromatic N) is 5. The number of pyridine rings is 1. The van der Waals surface area contributed by atoms with Gasteiger partial charge in [-0.25, -0.2) is 14.8 Å². The van der Waals surface area contributed by atoms with E-state index in [0.29, 0.717) is 30.2 Å². The Hall–Kier alpha value is -3.68. The van der Waals surface area contributed by atoms with Gasteiger partial charge in [0.05, 0.1) is 18.2 Å². The summed E-state index contributed by atoms with van der Waals surface area (Å²) in [5, 5.41) is 9.84. The van der Waals surface area contributed by atoms with Crippen molar-refractivity contribution in [1.82, 2.24) is 40.3 Å². The molecular formula is C27H35F3N8O3. The van der Waals surface area contributed by atoms with Crippen molar-refractivity contribution in [1.29, 1.82) is 0 Å². The van der Waals surface area contributed by atoms with E-state index in [4.69, 9.17) is 4.74 Å². The zero-order valence-electron chi connectivity index (χ0n) is 23.5. The number of amides is 3. The minimum Gasteiger partial charge on any atom is -0.364 e. The van der Waals surface area contributed by atoms with Gasteiger partial charge in [0, 0.05) is 31.5 Å². The highest BCUT2D eigenvalue weighted by Crippen LogP contribution is 2.45. The summed E-state index contributed by atoms with van der Waals surface area (Å²) in [5.41, 5.74) is -0.475. The van der Waals surface area contributed by atoms with E-state index < -0.39 is 30.3 Å². The number of urea groups is 1. The van der Waals surface area contributed by atoms with Gasteiger partial charge in [-0.15, -0.1) is 0 Å². The van der Waals surface area contributed by atoms with Crippen LogP contribution >= 0.6 is 0 Å². The minimum absolute atomic E-state index is 0.105. The first-order valence-electron chi connectivity index (χ1n) is 13.8. The zero-order valence-corrected chi connectivity index (χ0v) is 23.5. The number of aromatic amines is 1. The smallest absolute Gasteiger partial charge is 0.364 e. The van der Waals surface area contributed by atoms with E-state index in [-0.39, 0.29) is 29.6 Å². The lowest BCUT2D eigenvalue weighted by Crippen LogP contribution is -2.48. The molecule has 1 saturated carbocycles. The Labute approximate surface area is 235 Å². The van der Waals surface area contributed by atoms with E-state index in [0.717, 1.165) is 38.7 Å². The van der Waals surface area contributed by atoms with Crippen molar-refractivity contribution in [3.8, 4) is 0 Å². The second-order valence-electron chi connectivity index (χ2n) is 11.4. The van der Waals surface area contributed by atoms with Crippen molar-refractivity contribution >= 4 is 23.1 Å². The number of carbonyl (C=O) groups is 2. The molecule has 2 unspecified atom stereocenters. The van der Waals surface area contributed by atoms with Crippen molar-refractivity contribution in [2.75, 3.05) is 19.7 Å². The number of hydrogen-bond donors (Lipinski definition) is 3. The molecule has 1 aliphatic heterocycles. The Morgan fingerprint density at radius 1 is 1.27 bits per heavy atom. The number of hydrogen-bond acceptors (Lipinski definition) is 6. The zero-order chi connectivity index (χ0) is 29.5. The topological polar surface area (TPSA) is 130 Å². The molecule has 1 aliphatic carbocycles. The molecular weight excluding hydrogens is 541 g/mol. The minimum atomic E-state index is -4.62. The van der Waals surface area contributed by atoms with Gasteiger partial charge in [-0.1, -0.05) is 0 Å². The number of aromatic nitrogens is 5. The maximum Gasteiger partial charge on any atom is 0.416 e. The number of nitrogens with one attached hydrogen (secondary N) is 3. The van der Waals surface area contributed by atoms with Crippen LogP contribution in [0.25, 0.3) is 11.2 Å². The van der Waals surface area contributed by atoms with E-state index in [1.807, 2.05) is 24.8 Å². The van der Waals surface area contributed by atoms with Crippen molar-refractivity contribution in [2.24, 2.45) is 5.92 Å². The van der Waals surface area contributed by atoms with Crippen LogP contribution in [-0.2, 0) is 4.74 Å². The van der Waals surface area contributed by atoms with Gasteiger partial charge in [-0.3, -0.25) is 9.48 Å². The lowest BCUT2D eigenvalue weighted by molar-refractivity contribution is -0.265. The number of carbonyl (C=O) groups excluding carboxylic acids is 2. The average molecular weight is 577 g/mol. The van der Waals surface area contributed by atoms with Crippen molar-refractivity contribution in [3.63, 3.8) is 0 Å². The normalized spacial score (nSPS) is 18.0. The molecule has 222 valence electrons. The number of rotatable bonds is 10. The summed E-state index contributed by atoms with van der Waals surface area (Å²) in [6.45, 7) is 6.38. The van der Waals surface area contributed by atoms with Crippen LogP contribution in [0.3, 0.4) is 0 Å². The number of H-pyrrole nitrogens is 1. The summed E-state index contributed by atoms with van der Waals surface area (Å²) in [4.78, 5) is 39.8. The molecule has 3 N–H and O–H groups in total. The summed E-state index contributed by atoms with van der Waals surface area (Å²) in [5.74, 6) is -0.00441. The summed E-state index contributed by atoms with van der Waals surface area (Å²) in [7, 11) is 0. The van der Waals surface area contributed by atoms with Crippen LogP contribution in [0.5, 0.6) is 0 Å². The number of alkyl halides is 3. The van der Waals surface area contributed by atoms with Gasteiger partial charge in [-0.05, 0) is 70.6 Å². The lowest BCUT2D eigenvalue weighted by Gasteiger charge is -2.35. The molecule has 0 aromatic carbocycles. The maximum absolute atomic E-state index is 13.6. The predicted octanol–water partition coefficient (Wildman–Crippen LogP) is 4.43. The van der Waals surface area contributed by atoms with Crippen molar-refractivity contribution in [2.45, 2.75) is 76.9 Å². The Bertz CT molecular complexity index is 1410. The van der Waals surface area contributed by atoms with Crippen LogP contribution in [0.1, 0.15) is 87.0 Å². The molecule has 0 radical (unpaired) electrons. The number of ether oxygens (including phenoxy) is 1. The maximum atomic E-state index is 13.6. The molecule has 0 spiro atoms. The third-order valence-electron chi connectivity index (χ3n) is 7.56. The molecule has 0 bridgehead atoms. The Balaban J connectivity index is 1.45. The summed E-state index contributed by atoms with van der Waals surface area (Å²) >= 11 is 0. The van der Waals surface area contributed by atoms with Crippen LogP contribution in [0.2, 0.25) is 0 Å². The van der Waals surface area contributed by atoms with E-state index >= 15 is 0 Å². The van der Waals surface area contributed by atoms with Gasteiger partial charge in [0.2, 0.25) is 0 Å². The predicted molar refractivity (Wildman–Crippen MR) is 143 cm³/mol. The molecule has 2 fully saturated rings. The first-order valence-corrected chi connectivity index (χ1v) is 13.8. The number of halogens is 3. The molecule has 1 saturated heterocycles. The second kappa shape index (κ2) is 11.0. The summed E-state index contributed by atoms with van der Waals surface area (Å²) < 4.78 is 47.5. The monoisotopic (exact) mass is 576 g/mol. The van der Waals surface area contributed by atoms with Crippen molar-refractivity contribution < 1.29 is 27.5 Å². The SMILES string of the molecule is CC(C)n1nccc1C(=O)NC(COC(C)(C)C(F)(F)F)c1nc2ncc(C(C3CC3)N3CCCNC3=O)cc2[nH]1. The highest BCUT2D eigenvalue weighted by molar-refractivity contribution is 5.92. The third kappa shape index (κ3) is 6.02. The van der Waals surface area contributed by atoms with Crippen LogP contribution in [0.15, 0.2) is 24.5 Å². The molecule has 14 heteroatoms. The summed E-state index contributed by atoms with van der Waals surface area (Å²) in [6, 6.07) is 2.00. The van der Waals surface area contributed by atoms with Gasteiger partial charge in [0.1, 0.15) is 17.6 Å². The highest BCUT2D eigenvalue weighted by Gasteiger charge is 2.49. The fourth-order valence-corrected chi connectivity index (χ4v) is 4.99. The van der Waals surface area contributed by atoms with Gasteiger partial charge < -0.3 is 25.3 Å². The molecule has 5 rings (SSSR count). The van der Waals surface area contributed by atoms with E-state index in [2.05, 4.69) is 30.7 Å². The molecule has 3 amide bonds. The highest BCUT2D eigenvalue weighted by atomic mass is 19.4. The van der Waals surface area contributed by atoms with Gasteiger partial charge in [0.15, 0.2) is 11.2 Å². The van der Waals surface area contributed by atoms with E-state index in [9.17, 15) is 22.8 Å². The van der Waals surface area contributed by atoms with E-state index in [1.54, 1.807) is 6.20 Å². The second-order valence-corrected chi connectivity index (χ2v) is 11.4. The van der Waals surface area contributed by atoms with Crippen LogP contribution in [0.4, 0.5) is 18.0 Å². The molecule has 3 aromatic heterocycles. The van der Waals surface area contributed by atoms with E-state index in [1.165, 1.54) is 16.9 Å². The molecule has 2 aliphatic rings. The molecule has 3 aromatic rings. The molecule has 41 heavy (non-hydrogen) atoms. The first kappa shape index (κ1) is 28.8. The molecule has 4 heterocycles.